The minimum Gasteiger partial charge on any atom is -0.490 e. The molecule has 2 amide bonds. The molecule has 0 bridgehead atoms. The first-order valence-electron chi connectivity index (χ1n) is 8.14. The maximum Gasteiger partial charge on any atom is 0.323 e. The van der Waals surface area contributed by atoms with Crippen LogP contribution < -0.4 is 15.6 Å². The first-order chi connectivity index (χ1) is 12.4. The van der Waals surface area contributed by atoms with Gasteiger partial charge in [-0.2, -0.15) is 5.10 Å². The number of hydrogen-bond acceptors (Lipinski definition) is 4. The van der Waals surface area contributed by atoms with Crippen LogP contribution in [0.5, 0.6) is 5.75 Å². The highest BCUT2D eigenvalue weighted by Crippen LogP contribution is 2.21. The molecule has 1 N–H and O–H groups in total. The zero-order valence-corrected chi connectivity index (χ0v) is 14.1. The van der Waals surface area contributed by atoms with E-state index in [-0.39, 0.29) is 29.3 Å². The molecule has 0 radical (unpaired) electrons. The van der Waals surface area contributed by atoms with Crippen molar-refractivity contribution in [3.8, 4) is 5.75 Å². The molecule has 2 aromatic rings. The highest BCUT2D eigenvalue weighted by atomic mass is 19.1. The van der Waals surface area contributed by atoms with Crippen molar-refractivity contribution in [3.05, 3.63) is 52.3 Å². The Balaban J connectivity index is 1.53. The van der Waals surface area contributed by atoms with Crippen LogP contribution in [0.25, 0.3) is 0 Å². The van der Waals surface area contributed by atoms with Crippen molar-refractivity contribution in [2.75, 3.05) is 18.4 Å². The van der Waals surface area contributed by atoms with Crippen LogP contribution in [0, 0.1) is 11.6 Å². The summed E-state index contributed by atoms with van der Waals surface area (Å²) in [5, 5.41) is 6.58. The number of urea groups is 1. The largest absolute Gasteiger partial charge is 0.490 e. The fourth-order valence-corrected chi connectivity index (χ4v) is 2.72. The number of amides is 2. The number of likely N-dealkylation sites (tertiary alicyclic amines) is 1. The number of carbonyl (C=O) groups excluding carboxylic acids is 1. The SMILES string of the molecule is Cn1nc(NC(=O)N2CCC(Oc3cc(F)cc(F)c3)CC2)ccc1=O. The summed E-state index contributed by atoms with van der Waals surface area (Å²) in [6, 6.07) is 5.48. The summed E-state index contributed by atoms with van der Waals surface area (Å²) in [5.41, 5.74) is -0.269. The summed E-state index contributed by atoms with van der Waals surface area (Å²) >= 11 is 0. The number of rotatable bonds is 3. The van der Waals surface area contributed by atoms with Gasteiger partial charge in [-0.3, -0.25) is 10.1 Å². The van der Waals surface area contributed by atoms with E-state index in [1.165, 1.54) is 19.2 Å². The Morgan fingerprint density at radius 3 is 2.46 bits per heavy atom. The Hall–Kier alpha value is -2.97. The number of aromatic nitrogens is 2. The van der Waals surface area contributed by atoms with E-state index >= 15 is 0 Å². The van der Waals surface area contributed by atoms with Gasteiger partial charge >= 0.3 is 6.03 Å². The summed E-state index contributed by atoms with van der Waals surface area (Å²) in [7, 11) is 1.50. The van der Waals surface area contributed by atoms with Gasteiger partial charge in [0.2, 0.25) is 0 Å². The number of benzene rings is 1. The van der Waals surface area contributed by atoms with E-state index in [2.05, 4.69) is 10.4 Å². The third-order valence-corrected chi connectivity index (χ3v) is 4.06. The molecule has 1 aliphatic rings. The van der Waals surface area contributed by atoms with Crippen LogP contribution in [0.15, 0.2) is 35.1 Å². The smallest absolute Gasteiger partial charge is 0.323 e. The van der Waals surface area contributed by atoms with Crippen LogP contribution in [-0.4, -0.2) is 39.9 Å². The van der Waals surface area contributed by atoms with Gasteiger partial charge in [-0.25, -0.2) is 18.3 Å². The summed E-state index contributed by atoms with van der Waals surface area (Å²) < 4.78 is 33.1. The molecule has 0 saturated carbocycles. The van der Waals surface area contributed by atoms with E-state index in [1.54, 1.807) is 4.90 Å². The molecule has 0 unspecified atom stereocenters. The average molecular weight is 364 g/mol. The Morgan fingerprint density at radius 2 is 1.85 bits per heavy atom. The molecule has 1 fully saturated rings. The molecule has 1 aliphatic heterocycles. The van der Waals surface area contributed by atoms with Gasteiger partial charge in [0.05, 0.1) is 0 Å². The molecule has 1 aromatic heterocycles. The van der Waals surface area contributed by atoms with Crippen LogP contribution in [0.3, 0.4) is 0 Å². The molecule has 0 aliphatic carbocycles. The number of ether oxygens (including phenoxy) is 1. The lowest BCUT2D eigenvalue weighted by Crippen LogP contribution is -2.44. The number of carbonyl (C=O) groups is 1. The van der Waals surface area contributed by atoms with Crippen molar-refractivity contribution in [3.63, 3.8) is 0 Å². The van der Waals surface area contributed by atoms with Crippen molar-refractivity contribution in [2.24, 2.45) is 7.05 Å². The molecule has 7 nitrogen and oxygen atoms in total. The summed E-state index contributed by atoms with van der Waals surface area (Å²) in [5.74, 6) is -0.964. The lowest BCUT2D eigenvalue weighted by molar-refractivity contribution is 0.115. The summed E-state index contributed by atoms with van der Waals surface area (Å²) in [6.45, 7) is 0.861. The minimum atomic E-state index is -0.693. The van der Waals surface area contributed by atoms with E-state index in [0.29, 0.717) is 25.9 Å². The number of nitrogens with one attached hydrogen (secondary N) is 1. The fourth-order valence-electron chi connectivity index (χ4n) is 2.72. The topological polar surface area (TPSA) is 76.5 Å². The number of nitrogens with zero attached hydrogens (tertiary/aromatic N) is 3. The fraction of sp³-hybridized carbons (Fsp3) is 0.353. The minimum absolute atomic E-state index is 0.139. The number of aryl methyl sites for hydroxylation is 1. The molecule has 0 spiro atoms. The molecule has 0 atom stereocenters. The van der Waals surface area contributed by atoms with Crippen molar-refractivity contribution in [2.45, 2.75) is 18.9 Å². The zero-order chi connectivity index (χ0) is 18.7. The average Bonchev–Trinajstić information content (AvgIpc) is 2.58. The van der Waals surface area contributed by atoms with E-state index in [1.807, 2.05) is 0 Å². The van der Waals surface area contributed by atoms with Gasteiger partial charge in [0, 0.05) is 57.2 Å². The van der Waals surface area contributed by atoms with E-state index in [4.69, 9.17) is 4.74 Å². The Bertz CT molecular complexity index is 843. The van der Waals surface area contributed by atoms with Crippen LogP contribution in [-0.2, 0) is 7.05 Å². The van der Waals surface area contributed by atoms with Crippen molar-refractivity contribution in [1.82, 2.24) is 14.7 Å². The highest BCUT2D eigenvalue weighted by molar-refractivity contribution is 5.88. The molecule has 1 saturated heterocycles. The van der Waals surface area contributed by atoms with Gasteiger partial charge in [-0.05, 0) is 6.07 Å². The van der Waals surface area contributed by atoms with Gasteiger partial charge in [0.15, 0.2) is 5.82 Å². The standard InChI is InChI=1S/C17H18F2N4O3/c1-22-16(24)3-2-15(21-22)20-17(25)23-6-4-13(5-7-23)26-14-9-11(18)8-12(19)10-14/h2-3,8-10,13H,4-7H2,1H3,(H,20,21,25). The second kappa shape index (κ2) is 7.51. The van der Waals surface area contributed by atoms with Gasteiger partial charge < -0.3 is 9.64 Å². The molecule has 26 heavy (non-hydrogen) atoms. The van der Waals surface area contributed by atoms with Crippen LogP contribution in [0.1, 0.15) is 12.8 Å². The molecule has 1 aromatic carbocycles. The van der Waals surface area contributed by atoms with Gasteiger partial charge in [0.1, 0.15) is 23.5 Å². The third kappa shape index (κ3) is 4.35. The van der Waals surface area contributed by atoms with Crippen molar-refractivity contribution >= 4 is 11.8 Å². The lowest BCUT2D eigenvalue weighted by atomic mass is 10.1. The van der Waals surface area contributed by atoms with E-state index in [9.17, 15) is 18.4 Å². The molecule has 9 heteroatoms. The van der Waals surface area contributed by atoms with Gasteiger partial charge in [0.25, 0.3) is 5.56 Å². The highest BCUT2D eigenvalue weighted by Gasteiger charge is 2.24. The molecule has 138 valence electrons. The quantitative estimate of drug-likeness (QED) is 0.905. The van der Waals surface area contributed by atoms with Gasteiger partial charge in [-0.1, -0.05) is 0 Å². The molecule has 3 rings (SSSR count). The number of piperidine rings is 1. The maximum atomic E-state index is 13.2. The number of halogens is 2. The third-order valence-electron chi connectivity index (χ3n) is 4.06. The zero-order valence-electron chi connectivity index (χ0n) is 14.1. The normalized spacial score (nSPS) is 15.0. The maximum absolute atomic E-state index is 13.2. The summed E-state index contributed by atoms with van der Waals surface area (Å²) in [6.07, 6.45) is 0.842. The van der Waals surface area contributed by atoms with E-state index in [0.717, 1.165) is 22.9 Å². The number of hydrogen-bond donors (Lipinski definition) is 1. The lowest BCUT2D eigenvalue weighted by Gasteiger charge is -2.32. The summed E-state index contributed by atoms with van der Waals surface area (Å²) in [4.78, 5) is 25.2. The molecule has 2 heterocycles. The van der Waals surface area contributed by atoms with Crippen molar-refractivity contribution < 1.29 is 18.3 Å². The Kier molecular flexibility index (Phi) is 5.15. The Labute approximate surface area is 148 Å². The first kappa shape index (κ1) is 17.8. The van der Waals surface area contributed by atoms with E-state index < -0.39 is 11.6 Å². The van der Waals surface area contributed by atoms with Crippen molar-refractivity contribution in [1.29, 1.82) is 0 Å². The first-order valence-corrected chi connectivity index (χ1v) is 8.14. The number of anilines is 1. The predicted molar refractivity (Wildman–Crippen MR) is 90.1 cm³/mol. The van der Waals surface area contributed by atoms with Gasteiger partial charge in [-0.15, -0.1) is 0 Å². The predicted octanol–water partition coefficient (Wildman–Crippen LogP) is 2.13. The van der Waals surface area contributed by atoms with Crippen LogP contribution >= 0.6 is 0 Å². The van der Waals surface area contributed by atoms with Crippen LogP contribution in [0.4, 0.5) is 19.4 Å². The monoisotopic (exact) mass is 364 g/mol. The second-order valence-corrected chi connectivity index (χ2v) is 6.02. The molecular weight excluding hydrogens is 346 g/mol. The Morgan fingerprint density at radius 1 is 1.19 bits per heavy atom. The molecular formula is C17H18F2N4O3. The second-order valence-electron chi connectivity index (χ2n) is 6.02. The van der Waals surface area contributed by atoms with Crippen LogP contribution in [0.2, 0.25) is 0 Å².